The maximum Gasteiger partial charge on any atom is 0.163 e. The van der Waals surface area contributed by atoms with Gasteiger partial charge in [0.25, 0.3) is 0 Å². The van der Waals surface area contributed by atoms with Crippen LogP contribution in [0.2, 0.25) is 0 Å². The maximum atomic E-state index is 11.8. The number of benzene rings is 2. The molecule has 3 rings (SSSR count). The van der Waals surface area contributed by atoms with Gasteiger partial charge in [-0.25, -0.2) is 0 Å². The first-order valence-electron chi connectivity index (χ1n) is 6.87. The number of Topliss-reactive ketones (excluding diaryl/α,β-unsaturated/α-hetero) is 1. The number of nitrogens with two attached hydrogens (primary N) is 1. The van der Waals surface area contributed by atoms with Gasteiger partial charge in [-0.1, -0.05) is 30.3 Å². The molecule has 0 atom stereocenters. The van der Waals surface area contributed by atoms with Gasteiger partial charge in [-0.3, -0.25) is 4.79 Å². The lowest BCUT2D eigenvalue weighted by atomic mass is 9.89. The van der Waals surface area contributed by atoms with E-state index in [-0.39, 0.29) is 18.2 Å². The van der Waals surface area contributed by atoms with Gasteiger partial charge < -0.3 is 10.5 Å². The predicted molar refractivity (Wildman–Crippen MR) is 86.1 cm³/mol. The standard InChI is InChI=1S/C17H17NO2.ClH/c18-17-14-7-4-8-15(19)13(14)9-10-16(17)20-11-12-5-2-1-3-6-12;/h1-3,5-6,9-10H,4,7-8,11,18H2;1H. The Morgan fingerprint density at radius 3 is 2.57 bits per heavy atom. The zero-order valence-corrected chi connectivity index (χ0v) is 12.5. The van der Waals surface area contributed by atoms with Crippen molar-refractivity contribution in [3.8, 4) is 5.75 Å². The molecule has 0 aromatic heterocycles. The quantitative estimate of drug-likeness (QED) is 0.878. The molecule has 0 fully saturated rings. The van der Waals surface area contributed by atoms with Crippen molar-refractivity contribution in [2.75, 3.05) is 5.73 Å². The molecular weight excluding hydrogens is 286 g/mol. The monoisotopic (exact) mass is 303 g/mol. The van der Waals surface area contributed by atoms with Crippen LogP contribution in [0.5, 0.6) is 5.75 Å². The number of carbonyl (C=O) groups excluding carboxylic acids is 1. The first-order valence-corrected chi connectivity index (χ1v) is 6.87. The van der Waals surface area contributed by atoms with Crippen molar-refractivity contribution < 1.29 is 9.53 Å². The Bertz CT molecular complexity index is 641. The molecule has 0 bridgehead atoms. The SMILES string of the molecule is Cl.Nc1c(OCc2ccccc2)ccc2c1CCCC2=O. The molecule has 21 heavy (non-hydrogen) atoms. The van der Waals surface area contributed by atoms with E-state index < -0.39 is 0 Å². The van der Waals surface area contributed by atoms with Crippen LogP contribution >= 0.6 is 12.4 Å². The number of ketones is 1. The van der Waals surface area contributed by atoms with Gasteiger partial charge in [-0.2, -0.15) is 0 Å². The molecule has 0 amide bonds. The molecule has 0 aliphatic heterocycles. The van der Waals surface area contributed by atoms with E-state index in [0.717, 1.165) is 29.5 Å². The fourth-order valence-electron chi connectivity index (χ4n) is 2.60. The summed E-state index contributed by atoms with van der Waals surface area (Å²) in [6.07, 6.45) is 2.35. The molecule has 0 spiro atoms. The van der Waals surface area contributed by atoms with Crippen LogP contribution in [0.25, 0.3) is 0 Å². The molecule has 0 radical (unpaired) electrons. The summed E-state index contributed by atoms with van der Waals surface area (Å²) >= 11 is 0. The second kappa shape index (κ2) is 6.64. The number of fused-ring (bicyclic) bond motifs is 1. The van der Waals surface area contributed by atoms with Crippen molar-refractivity contribution in [1.82, 2.24) is 0 Å². The van der Waals surface area contributed by atoms with Crippen LogP contribution in [0, 0.1) is 0 Å². The Kier molecular flexibility index (Phi) is 4.86. The van der Waals surface area contributed by atoms with Gasteiger partial charge in [0.1, 0.15) is 12.4 Å². The van der Waals surface area contributed by atoms with Crippen LogP contribution in [0.3, 0.4) is 0 Å². The molecule has 0 heterocycles. The molecule has 0 saturated carbocycles. The summed E-state index contributed by atoms with van der Waals surface area (Å²) in [5.41, 5.74) is 9.58. The smallest absolute Gasteiger partial charge is 0.163 e. The third kappa shape index (κ3) is 3.19. The minimum absolute atomic E-state index is 0. The zero-order valence-electron chi connectivity index (χ0n) is 11.7. The molecule has 2 aromatic rings. The van der Waals surface area contributed by atoms with E-state index in [9.17, 15) is 4.79 Å². The first-order chi connectivity index (χ1) is 9.75. The highest BCUT2D eigenvalue weighted by Crippen LogP contribution is 2.33. The van der Waals surface area contributed by atoms with E-state index >= 15 is 0 Å². The fraction of sp³-hybridized carbons (Fsp3) is 0.235. The zero-order chi connectivity index (χ0) is 13.9. The molecule has 1 aliphatic carbocycles. The van der Waals surface area contributed by atoms with Crippen LogP contribution in [-0.4, -0.2) is 5.78 Å². The fourth-order valence-corrected chi connectivity index (χ4v) is 2.60. The lowest BCUT2D eigenvalue weighted by molar-refractivity contribution is 0.0972. The second-order valence-corrected chi connectivity index (χ2v) is 5.05. The second-order valence-electron chi connectivity index (χ2n) is 5.05. The molecular formula is C17H18ClNO2. The molecule has 3 nitrogen and oxygen atoms in total. The van der Waals surface area contributed by atoms with Crippen LogP contribution < -0.4 is 10.5 Å². The van der Waals surface area contributed by atoms with Gasteiger partial charge in [0.2, 0.25) is 0 Å². The number of rotatable bonds is 3. The summed E-state index contributed by atoms with van der Waals surface area (Å²) in [4.78, 5) is 11.8. The summed E-state index contributed by atoms with van der Waals surface area (Å²) in [6.45, 7) is 0.484. The Hall–Kier alpha value is -2.00. The number of hydrogen-bond acceptors (Lipinski definition) is 3. The van der Waals surface area contributed by atoms with Crippen molar-refractivity contribution in [2.45, 2.75) is 25.9 Å². The van der Waals surface area contributed by atoms with Crippen molar-refractivity contribution >= 4 is 23.9 Å². The molecule has 2 aromatic carbocycles. The number of anilines is 1. The van der Waals surface area contributed by atoms with Crippen molar-refractivity contribution in [3.63, 3.8) is 0 Å². The molecule has 1 aliphatic rings. The number of ether oxygens (including phenoxy) is 1. The normalized spacial score (nSPS) is 13.2. The molecule has 0 saturated heterocycles. The lowest BCUT2D eigenvalue weighted by Gasteiger charge is -2.19. The Morgan fingerprint density at radius 2 is 1.81 bits per heavy atom. The van der Waals surface area contributed by atoms with E-state index in [1.807, 2.05) is 36.4 Å². The third-order valence-electron chi connectivity index (χ3n) is 3.69. The van der Waals surface area contributed by atoms with Crippen LogP contribution in [0.15, 0.2) is 42.5 Å². The number of halogens is 1. The minimum Gasteiger partial charge on any atom is -0.487 e. The van der Waals surface area contributed by atoms with Gasteiger partial charge in [0.05, 0.1) is 5.69 Å². The van der Waals surface area contributed by atoms with E-state index in [0.29, 0.717) is 24.5 Å². The highest BCUT2D eigenvalue weighted by Gasteiger charge is 2.21. The highest BCUT2D eigenvalue weighted by atomic mass is 35.5. The van der Waals surface area contributed by atoms with Crippen molar-refractivity contribution in [1.29, 1.82) is 0 Å². The van der Waals surface area contributed by atoms with E-state index in [1.54, 1.807) is 6.07 Å². The lowest BCUT2D eigenvalue weighted by Crippen LogP contribution is -2.13. The largest absolute Gasteiger partial charge is 0.487 e. The van der Waals surface area contributed by atoms with Gasteiger partial charge in [-0.15, -0.1) is 12.4 Å². The van der Waals surface area contributed by atoms with E-state index in [1.165, 1.54) is 0 Å². The minimum atomic E-state index is 0. The highest BCUT2D eigenvalue weighted by molar-refractivity contribution is 6.00. The number of hydrogen-bond donors (Lipinski definition) is 1. The summed E-state index contributed by atoms with van der Waals surface area (Å²) < 4.78 is 5.79. The maximum absolute atomic E-state index is 11.8. The Balaban J connectivity index is 0.00000161. The molecule has 0 unspecified atom stereocenters. The van der Waals surface area contributed by atoms with Gasteiger partial charge >= 0.3 is 0 Å². The topological polar surface area (TPSA) is 52.3 Å². The van der Waals surface area contributed by atoms with Gasteiger partial charge in [0, 0.05) is 12.0 Å². The molecule has 2 N–H and O–H groups in total. The molecule has 110 valence electrons. The average Bonchev–Trinajstić information content (AvgIpc) is 2.48. The summed E-state index contributed by atoms with van der Waals surface area (Å²) in [5.74, 6) is 0.856. The van der Waals surface area contributed by atoms with Crippen molar-refractivity contribution in [3.05, 3.63) is 59.2 Å². The molecule has 4 heteroatoms. The van der Waals surface area contributed by atoms with Crippen LogP contribution in [-0.2, 0) is 13.0 Å². The number of carbonyl (C=O) groups is 1. The Labute approximate surface area is 130 Å². The summed E-state index contributed by atoms with van der Waals surface area (Å²) in [7, 11) is 0. The Morgan fingerprint density at radius 1 is 1.05 bits per heavy atom. The average molecular weight is 304 g/mol. The van der Waals surface area contributed by atoms with Gasteiger partial charge in [-0.05, 0) is 36.1 Å². The van der Waals surface area contributed by atoms with Crippen LogP contribution in [0.1, 0.15) is 34.3 Å². The van der Waals surface area contributed by atoms with Gasteiger partial charge in [0.15, 0.2) is 5.78 Å². The van der Waals surface area contributed by atoms with Crippen molar-refractivity contribution in [2.24, 2.45) is 0 Å². The summed E-state index contributed by atoms with van der Waals surface area (Å²) in [5, 5.41) is 0. The first kappa shape index (κ1) is 15.4. The summed E-state index contributed by atoms with van der Waals surface area (Å²) in [6, 6.07) is 13.6. The van der Waals surface area contributed by atoms with Crippen LogP contribution in [0.4, 0.5) is 5.69 Å². The third-order valence-corrected chi connectivity index (χ3v) is 3.69. The van der Waals surface area contributed by atoms with E-state index in [2.05, 4.69) is 0 Å². The predicted octanol–water partition coefficient (Wildman–Crippen LogP) is 3.79. The van der Waals surface area contributed by atoms with E-state index in [4.69, 9.17) is 10.5 Å². The number of nitrogen functional groups attached to an aromatic ring is 1.